The molecule has 0 atom stereocenters. The zero-order valence-corrected chi connectivity index (χ0v) is 19.3. The fraction of sp³-hybridized carbons (Fsp3) is 0.0385. The molecule has 0 radical (unpaired) electrons. The van der Waals surface area contributed by atoms with Crippen LogP contribution in [0, 0.1) is 5.82 Å². The highest BCUT2D eigenvalue weighted by atomic mass is 35.5. The second-order valence-electron chi connectivity index (χ2n) is 7.68. The van der Waals surface area contributed by atoms with Gasteiger partial charge in [0.15, 0.2) is 0 Å². The summed E-state index contributed by atoms with van der Waals surface area (Å²) >= 11 is 19.2. The summed E-state index contributed by atoms with van der Waals surface area (Å²) in [7, 11) is 0. The standard InChI is InChI=1S/C26H16Cl3FN2O/c27-18-5-3-8-21(30)17(18)13-32-22-9-1-4-16(26(31)33)25(22)15-11-10-14(12-23(15)32)24-19(28)6-2-7-20(24)29/h1-12H,13H2,(H2,31,33). The van der Waals surface area contributed by atoms with Gasteiger partial charge in [-0.2, -0.15) is 0 Å². The van der Waals surface area contributed by atoms with Gasteiger partial charge in [-0.05, 0) is 48.0 Å². The van der Waals surface area contributed by atoms with Gasteiger partial charge < -0.3 is 10.3 Å². The Morgan fingerprint density at radius 1 is 0.848 bits per heavy atom. The lowest BCUT2D eigenvalue weighted by atomic mass is 10.0. The predicted octanol–water partition coefficient (Wildman–Crippen LogP) is 7.71. The molecule has 4 aromatic carbocycles. The topological polar surface area (TPSA) is 48.0 Å². The first kappa shape index (κ1) is 21.8. The Bertz CT molecular complexity index is 1540. The molecule has 0 aliphatic carbocycles. The van der Waals surface area contributed by atoms with Crippen LogP contribution in [0.15, 0.2) is 72.8 Å². The van der Waals surface area contributed by atoms with Gasteiger partial charge >= 0.3 is 0 Å². The number of benzene rings is 4. The zero-order valence-electron chi connectivity index (χ0n) is 17.1. The Balaban J connectivity index is 1.86. The van der Waals surface area contributed by atoms with Gasteiger partial charge in [-0.15, -0.1) is 0 Å². The van der Waals surface area contributed by atoms with E-state index in [1.165, 1.54) is 6.07 Å². The van der Waals surface area contributed by atoms with Crippen LogP contribution in [0.5, 0.6) is 0 Å². The molecule has 0 aliphatic rings. The van der Waals surface area contributed by atoms with Gasteiger partial charge in [0.25, 0.3) is 0 Å². The van der Waals surface area contributed by atoms with Crippen LogP contribution in [0.2, 0.25) is 15.1 Å². The van der Waals surface area contributed by atoms with Crippen molar-refractivity contribution in [2.24, 2.45) is 5.73 Å². The summed E-state index contributed by atoms with van der Waals surface area (Å²) in [6.45, 7) is 0.160. The van der Waals surface area contributed by atoms with E-state index in [1.54, 1.807) is 42.5 Å². The van der Waals surface area contributed by atoms with Crippen molar-refractivity contribution in [1.82, 2.24) is 4.57 Å². The van der Waals surface area contributed by atoms with Crippen LogP contribution in [0.4, 0.5) is 4.39 Å². The van der Waals surface area contributed by atoms with E-state index in [1.807, 2.05) is 28.8 Å². The van der Waals surface area contributed by atoms with Gasteiger partial charge in [-0.25, -0.2) is 4.39 Å². The quantitative estimate of drug-likeness (QED) is 0.272. The molecular formula is C26H16Cl3FN2O. The van der Waals surface area contributed by atoms with Gasteiger partial charge in [-0.3, -0.25) is 4.79 Å². The van der Waals surface area contributed by atoms with Crippen molar-refractivity contribution in [2.75, 3.05) is 0 Å². The summed E-state index contributed by atoms with van der Waals surface area (Å²) in [4.78, 5) is 12.2. The zero-order chi connectivity index (χ0) is 23.3. The minimum atomic E-state index is -0.540. The second kappa shape index (κ2) is 8.38. The van der Waals surface area contributed by atoms with Crippen LogP contribution in [0.25, 0.3) is 32.9 Å². The summed E-state index contributed by atoms with van der Waals surface area (Å²) in [6.07, 6.45) is 0. The van der Waals surface area contributed by atoms with E-state index < -0.39 is 11.7 Å². The normalized spacial score (nSPS) is 11.4. The lowest BCUT2D eigenvalue weighted by Gasteiger charge is -2.12. The van der Waals surface area contributed by atoms with E-state index >= 15 is 0 Å². The maximum atomic E-state index is 14.7. The number of nitrogens with two attached hydrogens (primary N) is 1. The maximum Gasteiger partial charge on any atom is 0.249 e. The van der Waals surface area contributed by atoms with Crippen molar-refractivity contribution < 1.29 is 9.18 Å². The molecule has 0 bridgehead atoms. The number of hydrogen-bond donors (Lipinski definition) is 1. The van der Waals surface area contributed by atoms with Gasteiger partial charge in [0, 0.05) is 42.5 Å². The van der Waals surface area contributed by atoms with Crippen LogP contribution in [-0.2, 0) is 6.54 Å². The number of fused-ring (bicyclic) bond motifs is 3. The number of nitrogens with zero attached hydrogens (tertiary/aromatic N) is 1. The number of amides is 1. The van der Waals surface area contributed by atoms with Gasteiger partial charge in [0.05, 0.1) is 17.6 Å². The Morgan fingerprint density at radius 3 is 2.21 bits per heavy atom. The smallest absolute Gasteiger partial charge is 0.249 e. The van der Waals surface area contributed by atoms with E-state index in [-0.39, 0.29) is 6.54 Å². The highest BCUT2D eigenvalue weighted by Crippen LogP contribution is 2.39. The summed E-state index contributed by atoms with van der Waals surface area (Å²) in [5, 5.41) is 2.85. The molecule has 3 nitrogen and oxygen atoms in total. The molecule has 1 amide bonds. The Hall–Kier alpha value is -3.05. The Kier molecular flexibility index (Phi) is 5.53. The van der Waals surface area contributed by atoms with Crippen molar-refractivity contribution >= 4 is 62.5 Å². The molecule has 2 N–H and O–H groups in total. The summed E-state index contributed by atoms with van der Waals surface area (Å²) in [5.41, 5.74) is 9.41. The molecule has 0 unspecified atom stereocenters. The number of primary amides is 1. The monoisotopic (exact) mass is 496 g/mol. The molecule has 0 spiro atoms. The van der Waals surface area contributed by atoms with Crippen molar-refractivity contribution in [2.45, 2.75) is 6.54 Å². The number of rotatable bonds is 4. The molecule has 0 saturated carbocycles. The van der Waals surface area contributed by atoms with E-state index in [0.29, 0.717) is 37.1 Å². The van der Waals surface area contributed by atoms with Gasteiger partial charge in [0.1, 0.15) is 5.82 Å². The average molecular weight is 498 g/mol. The maximum absolute atomic E-state index is 14.7. The first-order chi connectivity index (χ1) is 15.9. The third kappa shape index (κ3) is 3.65. The van der Waals surface area contributed by atoms with E-state index in [2.05, 4.69) is 0 Å². The lowest BCUT2D eigenvalue weighted by molar-refractivity contribution is 0.100. The molecule has 0 saturated heterocycles. The van der Waals surface area contributed by atoms with E-state index in [0.717, 1.165) is 22.0 Å². The average Bonchev–Trinajstić information content (AvgIpc) is 3.09. The minimum Gasteiger partial charge on any atom is -0.366 e. The SMILES string of the molecule is NC(=O)c1cccc2c1c1ccc(-c3c(Cl)cccc3Cl)cc1n2Cc1c(F)cccc1Cl. The second-order valence-corrected chi connectivity index (χ2v) is 8.90. The molecular weight excluding hydrogens is 482 g/mol. The number of aromatic nitrogens is 1. The lowest BCUT2D eigenvalue weighted by Crippen LogP contribution is -2.11. The van der Waals surface area contributed by atoms with Crippen LogP contribution in [0.1, 0.15) is 15.9 Å². The fourth-order valence-corrected chi connectivity index (χ4v) is 5.13. The predicted molar refractivity (Wildman–Crippen MR) is 134 cm³/mol. The van der Waals surface area contributed by atoms with Crippen LogP contribution in [-0.4, -0.2) is 10.5 Å². The molecule has 164 valence electrons. The van der Waals surface area contributed by atoms with Crippen LogP contribution in [0.3, 0.4) is 0 Å². The highest BCUT2D eigenvalue weighted by molar-refractivity contribution is 6.39. The molecule has 5 rings (SSSR count). The summed E-state index contributed by atoms with van der Waals surface area (Å²) in [6, 6.07) is 21.0. The highest BCUT2D eigenvalue weighted by Gasteiger charge is 2.20. The number of carbonyl (C=O) groups excluding carboxylic acids is 1. The Labute approximate surface area is 204 Å². The molecule has 33 heavy (non-hydrogen) atoms. The minimum absolute atomic E-state index is 0.160. The van der Waals surface area contributed by atoms with E-state index in [4.69, 9.17) is 40.5 Å². The molecule has 0 fully saturated rings. The Morgan fingerprint density at radius 2 is 1.52 bits per heavy atom. The van der Waals surface area contributed by atoms with Crippen molar-refractivity contribution in [3.8, 4) is 11.1 Å². The van der Waals surface area contributed by atoms with Crippen LogP contribution < -0.4 is 5.73 Å². The molecule has 7 heteroatoms. The summed E-state index contributed by atoms with van der Waals surface area (Å²) in [5.74, 6) is -0.948. The van der Waals surface area contributed by atoms with Gasteiger partial charge in [0.2, 0.25) is 5.91 Å². The third-order valence-electron chi connectivity index (χ3n) is 5.79. The first-order valence-corrected chi connectivity index (χ1v) is 11.2. The molecule has 1 heterocycles. The fourth-order valence-electron chi connectivity index (χ4n) is 4.29. The van der Waals surface area contributed by atoms with Crippen LogP contribution >= 0.6 is 34.8 Å². The van der Waals surface area contributed by atoms with Crippen molar-refractivity contribution in [3.63, 3.8) is 0 Å². The third-order valence-corrected chi connectivity index (χ3v) is 6.77. The summed E-state index contributed by atoms with van der Waals surface area (Å²) < 4.78 is 16.6. The van der Waals surface area contributed by atoms with Crippen molar-refractivity contribution in [1.29, 1.82) is 0 Å². The van der Waals surface area contributed by atoms with E-state index in [9.17, 15) is 9.18 Å². The largest absolute Gasteiger partial charge is 0.366 e. The molecule has 1 aromatic heterocycles. The first-order valence-electron chi connectivity index (χ1n) is 10.1. The number of carbonyl (C=O) groups is 1. The molecule has 0 aliphatic heterocycles. The van der Waals surface area contributed by atoms with Crippen molar-refractivity contribution in [3.05, 3.63) is 105 Å². The molecule has 5 aromatic rings. The number of hydrogen-bond acceptors (Lipinski definition) is 1. The number of halogens is 4. The van der Waals surface area contributed by atoms with Gasteiger partial charge in [-0.1, -0.05) is 65.1 Å².